The van der Waals surface area contributed by atoms with E-state index in [2.05, 4.69) is 204 Å². The monoisotopic (exact) mass is 1220 g/mol. The van der Waals surface area contributed by atoms with Crippen molar-refractivity contribution in [2.45, 2.75) is 216 Å². The van der Waals surface area contributed by atoms with Crippen LogP contribution in [0, 0.1) is 20.8 Å². The molecule has 11 heteroatoms. The van der Waals surface area contributed by atoms with Crippen molar-refractivity contribution in [3.63, 3.8) is 0 Å². The number of likely N-dealkylation sites (tertiary alicyclic amines) is 1. The molecule has 2 aliphatic heterocycles. The number of nitrogens with zero attached hydrogens (tertiary/aromatic N) is 2. The van der Waals surface area contributed by atoms with Gasteiger partial charge in [0.2, 0.25) is 0 Å². The van der Waals surface area contributed by atoms with Crippen molar-refractivity contribution in [3.8, 4) is 0 Å². The van der Waals surface area contributed by atoms with E-state index < -0.39 is 0 Å². The molecule has 2 aliphatic rings. The van der Waals surface area contributed by atoms with Crippen molar-refractivity contribution < 1.29 is 135 Å². The third-order valence-corrected chi connectivity index (χ3v) is 14.0. The maximum atomic E-state index is 6.38. The first kappa shape index (κ1) is 81.5. The molecule has 0 N–H and O–H groups in total. The molecular weight excluding hydrogens is 1130 g/mol. The summed E-state index contributed by atoms with van der Waals surface area (Å²) in [7, 11) is 0. The van der Waals surface area contributed by atoms with Crippen molar-refractivity contribution in [2.24, 2.45) is 0 Å². The quantitative estimate of drug-likeness (QED) is 0.132. The minimum absolute atomic E-state index is 0. The molecule has 7 radical (unpaired) electrons. The van der Waals surface area contributed by atoms with Crippen LogP contribution in [-0.4, -0.2) is 38.7 Å². The second kappa shape index (κ2) is 37.8. The Labute approximate surface area is 514 Å². The van der Waals surface area contributed by atoms with Gasteiger partial charge < -0.3 is 0 Å². The zero-order valence-corrected chi connectivity index (χ0v) is 54.1. The van der Waals surface area contributed by atoms with Crippen molar-refractivity contribution in [1.82, 2.24) is 9.96 Å². The summed E-state index contributed by atoms with van der Waals surface area (Å²) in [5.74, 6) is 1.68. The van der Waals surface area contributed by atoms with Crippen LogP contribution >= 0.6 is 11.6 Å². The van der Waals surface area contributed by atoms with E-state index in [0.29, 0.717) is 17.7 Å². The fourth-order valence-electron chi connectivity index (χ4n) is 9.83. The van der Waals surface area contributed by atoms with E-state index in [0.717, 1.165) is 13.0 Å². The molecule has 69 heavy (non-hydrogen) atoms. The second-order valence-corrected chi connectivity index (χ2v) is 21.1. The van der Waals surface area contributed by atoms with Gasteiger partial charge in [-0.3, -0.25) is 9.74 Å². The summed E-state index contributed by atoms with van der Waals surface area (Å²) >= 11 is 6.05. The van der Waals surface area contributed by atoms with Gasteiger partial charge in [0.1, 0.15) is 6.10 Å². The van der Waals surface area contributed by atoms with E-state index in [1.165, 1.54) is 95.9 Å². The maximum absolute atomic E-state index is 6.38. The van der Waals surface area contributed by atoms with Gasteiger partial charge in [-0.2, -0.15) is 5.06 Å². The topological polar surface area (TPSA) is 15.7 Å². The summed E-state index contributed by atoms with van der Waals surface area (Å²) in [4.78, 5) is 9.17. The van der Waals surface area contributed by atoms with E-state index in [-0.39, 0.29) is 173 Å². The van der Waals surface area contributed by atoms with Crippen LogP contribution < -0.4 is 0 Å². The minimum atomic E-state index is 0. The van der Waals surface area contributed by atoms with Crippen LogP contribution in [-0.2, 0) is 147 Å². The standard InChI is InChI=1S/C29H42ClN.C18H29NO.C9H12.2CH4.7V/c1-22-8-12-25(13-9-22)23(2)20-27(26-14-10-24(21-30)11-15-26)16-19-31-28(3,4)17-7-18-29(31,5)6;1-14-8-10-16(11-9-14)15(2)20-19-17(3,4)12-7-13-18(19,5)6;1-3-9-6-4-8(2)5-7-9;;;;;;;;;/h8-15,23,27H,7,16-21H2,1-6H3;8-11,15H,7,12-13H2,1-6H3;4-7H,3H2,1-2H3;2*1H4;;;;;;;. The van der Waals surface area contributed by atoms with E-state index >= 15 is 0 Å². The summed E-state index contributed by atoms with van der Waals surface area (Å²) in [5, 5.41) is 2.24. The average molecular weight is 1220 g/mol. The first-order chi connectivity index (χ1) is 28.2. The molecule has 0 saturated carbocycles. The van der Waals surface area contributed by atoms with Gasteiger partial charge in [0, 0.05) is 158 Å². The number of hydrogen-bond donors (Lipinski definition) is 0. The average Bonchev–Trinajstić information content (AvgIpc) is 3.19. The Hall–Kier alpha value is 1.14. The summed E-state index contributed by atoms with van der Waals surface area (Å²) in [6.45, 7) is 33.2. The van der Waals surface area contributed by atoms with Crippen LogP contribution in [0.2, 0.25) is 0 Å². The van der Waals surface area contributed by atoms with Gasteiger partial charge in [-0.25, -0.2) is 0 Å². The largest absolute Gasteiger partial charge is 0.293 e. The molecule has 381 valence electrons. The number of halogens is 1. The van der Waals surface area contributed by atoms with Crippen LogP contribution in [0.4, 0.5) is 0 Å². The van der Waals surface area contributed by atoms with E-state index in [9.17, 15) is 0 Å². The zero-order chi connectivity index (χ0) is 44.3. The van der Waals surface area contributed by atoms with Gasteiger partial charge in [-0.15, -0.1) is 11.6 Å². The number of hydrogen-bond acceptors (Lipinski definition) is 3. The van der Waals surface area contributed by atoms with Crippen LogP contribution in [0.25, 0.3) is 0 Å². The number of piperidine rings is 2. The fraction of sp³-hybridized carbons (Fsp3) is 0.586. The number of hydroxylamine groups is 2. The summed E-state index contributed by atoms with van der Waals surface area (Å²) in [6, 6.07) is 35.5. The van der Waals surface area contributed by atoms with Gasteiger partial charge >= 0.3 is 0 Å². The molecule has 0 bridgehead atoms. The van der Waals surface area contributed by atoms with E-state index in [1.54, 1.807) is 0 Å². The molecule has 2 heterocycles. The van der Waals surface area contributed by atoms with Crippen molar-refractivity contribution in [2.75, 3.05) is 6.54 Å². The molecule has 0 aromatic heterocycles. The Balaban J connectivity index is -0.000000228. The van der Waals surface area contributed by atoms with Crippen molar-refractivity contribution in [3.05, 3.63) is 142 Å². The van der Waals surface area contributed by atoms with Crippen LogP contribution in [0.3, 0.4) is 0 Å². The molecule has 0 aliphatic carbocycles. The van der Waals surface area contributed by atoms with Gasteiger partial charge in [0.15, 0.2) is 0 Å². The molecule has 0 spiro atoms. The molecule has 4 aromatic carbocycles. The predicted octanol–water partition coefficient (Wildman–Crippen LogP) is 17.3. The molecule has 3 nitrogen and oxygen atoms in total. The molecule has 3 atom stereocenters. The Kier molecular flexibility index (Phi) is 44.7. The predicted molar refractivity (Wildman–Crippen MR) is 275 cm³/mol. The van der Waals surface area contributed by atoms with Crippen LogP contribution in [0.15, 0.2) is 97.1 Å². The summed E-state index contributed by atoms with van der Waals surface area (Å²) in [6.07, 6.45) is 11.2. The van der Waals surface area contributed by atoms with Gasteiger partial charge in [-0.05, 0) is 187 Å². The Morgan fingerprint density at radius 3 is 1.25 bits per heavy atom. The van der Waals surface area contributed by atoms with Gasteiger partial charge in [-0.1, -0.05) is 142 Å². The number of rotatable bonds is 12. The normalized spacial score (nSPS) is 17.2. The molecule has 2 fully saturated rings. The molecule has 6 rings (SSSR count). The van der Waals surface area contributed by atoms with Gasteiger partial charge in [0.25, 0.3) is 0 Å². The van der Waals surface area contributed by atoms with Crippen molar-refractivity contribution in [1.29, 1.82) is 0 Å². The van der Waals surface area contributed by atoms with Crippen LogP contribution in [0.1, 0.15) is 205 Å². The number of aryl methyl sites for hydroxylation is 4. The first-order valence-electron chi connectivity index (χ1n) is 23.3. The van der Waals surface area contributed by atoms with E-state index in [1.807, 2.05) is 0 Å². The zero-order valence-electron chi connectivity index (χ0n) is 43.6. The molecule has 0 amide bonds. The molecule has 4 aromatic rings. The molecule has 2 saturated heterocycles. The minimum Gasteiger partial charge on any atom is -0.293 e. The molecule has 3 unspecified atom stereocenters. The SMILES string of the molecule is C.C.CCc1ccc(C)cc1.Cc1ccc(C(C)CC(CCN2C(C)(C)CCCC2(C)C)c2ccc(CCl)cc2)cc1.Cc1ccc(C(C)ON2C(C)(C)CCCC2(C)C)cc1.[V].[V].[V].[V].[V].[V].[V]. The summed E-state index contributed by atoms with van der Waals surface area (Å²) in [5.41, 5.74) is 11.5. The Morgan fingerprint density at radius 2 is 0.855 bits per heavy atom. The smallest absolute Gasteiger partial charge is 0.102 e. The van der Waals surface area contributed by atoms with Gasteiger partial charge in [0.05, 0.1) is 0 Å². The maximum Gasteiger partial charge on any atom is 0.102 e. The Bertz CT molecular complexity index is 1840. The third kappa shape index (κ3) is 25.7. The summed E-state index contributed by atoms with van der Waals surface area (Å²) < 4.78 is 0. The molecular formula is C58H91ClN2OV7. The number of benzene rings is 4. The third-order valence-electron chi connectivity index (χ3n) is 13.6. The number of alkyl halides is 1. The van der Waals surface area contributed by atoms with Crippen molar-refractivity contribution >= 4 is 11.6 Å². The van der Waals surface area contributed by atoms with Crippen LogP contribution in [0.5, 0.6) is 0 Å². The Morgan fingerprint density at radius 1 is 0.507 bits per heavy atom. The first-order valence-corrected chi connectivity index (χ1v) is 23.8. The van der Waals surface area contributed by atoms with E-state index in [4.69, 9.17) is 16.4 Å². The fourth-order valence-corrected chi connectivity index (χ4v) is 10.0. The second-order valence-electron chi connectivity index (χ2n) is 20.8.